The van der Waals surface area contributed by atoms with Gasteiger partial charge in [0.15, 0.2) is 0 Å². The number of carboxylic acids is 1. The maximum absolute atomic E-state index is 10.7. The summed E-state index contributed by atoms with van der Waals surface area (Å²) in [7, 11) is 0. The Bertz CT molecular complexity index is 445. The Balaban J connectivity index is 2.23. The van der Waals surface area contributed by atoms with Crippen LogP contribution < -0.4 is 0 Å². The second-order valence-electron chi connectivity index (χ2n) is 3.53. The van der Waals surface area contributed by atoms with Gasteiger partial charge in [0, 0.05) is 17.1 Å². The number of rotatable bonds is 3. The zero-order valence-electron chi connectivity index (χ0n) is 8.56. The smallest absolute Gasteiger partial charge is 0.323 e. The second kappa shape index (κ2) is 4.53. The third kappa shape index (κ3) is 2.33. The Labute approximate surface area is 98.2 Å². The molecular formula is C11H11ClN2O2. The van der Waals surface area contributed by atoms with E-state index in [0.29, 0.717) is 23.9 Å². The van der Waals surface area contributed by atoms with Crippen molar-refractivity contribution in [2.75, 3.05) is 19.6 Å². The monoisotopic (exact) mass is 238 g/mol. The van der Waals surface area contributed by atoms with Gasteiger partial charge in [-0.25, -0.2) is 0 Å². The Morgan fingerprint density at radius 3 is 3.06 bits per heavy atom. The van der Waals surface area contributed by atoms with Crippen molar-refractivity contribution < 1.29 is 9.90 Å². The molecule has 0 radical (unpaired) electrons. The average Bonchev–Trinajstić information content (AvgIpc) is 2.65. The summed E-state index contributed by atoms with van der Waals surface area (Å²) in [5, 5.41) is 9.40. The van der Waals surface area contributed by atoms with Crippen LogP contribution in [-0.4, -0.2) is 41.4 Å². The Hall–Kier alpha value is -1.55. The van der Waals surface area contributed by atoms with E-state index in [4.69, 9.17) is 16.7 Å². The molecule has 0 bridgehead atoms. The molecule has 1 heterocycles. The van der Waals surface area contributed by atoms with Crippen LogP contribution in [0.25, 0.3) is 0 Å². The molecule has 0 aromatic heterocycles. The molecule has 0 atom stereocenters. The van der Waals surface area contributed by atoms with E-state index < -0.39 is 5.97 Å². The topological polar surface area (TPSA) is 52.9 Å². The van der Waals surface area contributed by atoms with Crippen molar-refractivity contribution in [2.24, 2.45) is 4.99 Å². The highest BCUT2D eigenvalue weighted by Gasteiger charge is 2.20. The largest absolute Gasteiger partial charge is 0.480 e. The summed E-state index contributed by atoms with van der Waals surface area (Å²) in [6.07, 6.45) is 0. The fourth-order valence-electron chi connectivity index (χ4n) is 1.70. The molecule has 5 heteroatoms. The molecule has 0 saturated heterocycles. The van der Waals surface area contributed by atoms with Gasteiger partial charge < -0.3 is 10.0 Å². The molecule has 84 valence electrons. The van der Waals surface area contributed by atoms with Crippen LogP contribution in [0.15, 0.2) is 29.3 Å². The van der Waals surface area contributed by atoms with E-state index in [-0.39, 0.29) is 6.54 Å². The zero-order valence-corrected chi connectivity index (χ0v) is 9.31. The van der Waals surface area contributed by atoms with Gasteiger partial charge in [-0.3, -0.25) is 9.79 Å². The van der Waals surface area contributed by atoms with Gasteiger partial charge in [0.25, 0.3) is 0 Å². The standard InChI is InChI=1S/C11H11ClN2O2/c12-9-3-1-2-8(6-9)11-13-4-5-14(11)7-10(15)16/h1-3,6H,4-5,7H2,(H,15,16). The van der Waals surface area contributed by atoms with Gasteiger partial charge in [0.05, 0.1) is 6.54 Å². The minimum atomic E-state index is -0.850. The number of amidine groups is 1. The molecule has 1 aromatic rings. The predicted molar refractivity (Wildman–Crippen MR) is 62.1 cm³/mol. The van der Waals surface area contributed by atoms with Crippen LogP contribution in [0, 0.1) is 0 Å². The molecule has 1 N–H and O–H groups in total. The molecule has 4 nitrogen and oxygen atoms in total. The lowest BCUT2D eigenvalue weighted by Crippen LogP contribution is -2.33. The molecule has 16 heavy (non-hydrogen) atoms. The number of aliphatic imine (C=N–C) groups is 1. The Kier molecular flexibility index (Phi) is 3.10. The maximum Gasteiger partial charge on any atom is 0.323 e. The van der Waals surface area contributed by atoms with Crippen LogP contribution in [0.3, 0.4) is 0 Å². The summed E-state index contributed by atoms with van der Waals surface area (Å²) in [6.45, 7) is 1.26. The lowest BCUT2D eigenvalue weighted by Gasteiger charge is -2.17. The van der Waals surface area contributed by atoms with Crippen molar-refractivity contribution in [2.45, 2.75) is 0 Å². The number of hydrogen-bond acceptors (Lipinski definition) is 3. The van der Waals surface area contributed by atoms with E-state index >= 15 is 0 Å². The zero-order chi connectivity index (χ0) is 11.5. The highest BCUT2D eigenvalue weighted by Crippen LogP contribution is 2.15. The molecule has 0 fully saturated rings. The van der Waals surface area contributed by atoms with E-state index in [1.165, 1.54) is 0 Å². The maximum atomic E-state index is 10.7. The molecule has 1 aliphatic rings. The average molecular weight is 239 g/mol. The van der Waals surface area contributed by atoms with Crippen LogP contribution in [0.4, 0.5) is 0 Å². The molecular weight excluding hydrogens is 228 g/mol. The SMILES string of the molecule is O=C(O)CN1CCN=C1c1cccc(Cl)c1. The van der Waals surface area contributed by atoms with Crippen molar-refractivity contribution >= 4 is 23.4 Å². The molecule has 0 unspecified atom stereocenters. The van der Waals surface area contributed by atoms with Gasteiger partial charge in [-0.1, -0.05) is 23.7 Å². The highest BCUT2D eigenvalue weighted by molar-refractivity contribution is 6.31. The number of carbonyl (C=O) groups is 1. The van der Waals surface area contributed by atoms with Crippen LogP contribution in [0.1, 0.15) is 5.56 Å². The normalized spacial score (nSPS) is 15.1. The summed E-state index contributed by atoms with van der Waals surface area (Å²) in [5.41, 5.74) is 0.867. The number of hydrogen-bond donors (Lipinski definition) is 1. The molecule has 0 spiro atoms. The molecule has 0 aliphatic carbocycles. The number of aliphatic carboxylic acids is 1. The molecule has 0 saturated carbocycles. The molecule has 0 amide bonds. The minimum Gasteiger partial charge on any atom is -0.480 e. The molecule has 1 aliphatic heterocycles. The highest BCUT2D eigenvalue weighted by atomic mass is 35.5. The number of halogens is 1. The Morgan fingerprint density at radius 1 is 1.56 bits per heavy atom. The van der Waals surface area contributed by atoms with Gasteiger partial charge in [0.1, 0.15) is 12.4 Å². The lowest BCUT2D eigenvalue weighted by atomic mass is 10.2. The van der Waals surface area contributed by atoms with Gasteiger partial charge in [-0.05, 0) is 12.1 Å². The molecule has 1 aromatic carbocycles. The summed E-state index contributed by atoms with van der Waals surface area (Å²) in [5.74, 6) is -0.137. The lowest BCUT2D eigenvalue weighted by molar-refractivity contribution is -0.137. The minimum absolute atomic E-state index is 0.0225. The van der Waals surface area contributed by atoms with Crippen LogP contribution in [0.5, 0.6) is 0 Å². The summed E-state index contributed by atoms with van der Waals surface area (Å²) in [6, 6.07) is 7.28. The first kappa shape index (κ1) is 11.0. The van der Waals surface area contributed by atoms with Crippen LogP contribution in [-0.2, 0) is 4.79 Å². The third-order valence-corrected chi connectivity index (χ3v) is 2.58. The van der Waals surface area contributed by atoms with Crippen molar-refractivity contribution in [3.63, 3.8) is 0 Å². The van der Waals surface area contributed by atoms with Gasteiger partial charge in [-0.2, -0.15) is 0 Å². The van der Waals surface area contributed by atoms with Crippen molar-refractivity contribution in [3.8, 4) is 0 Å². The number of nitrogens with zero attached hydrogens (tertiary/aromatic N) is 2. The fourth-order valence-corrected chi connectivity index (χ4v) is 1.89. The van der Waals surface area contributed by atoms with Gasteiger partial charge in [-0.15, -0.1) is 0 Å². The van der Waals surface area contributed by atoms with E-state index in [1.807, 2.05) is 12.1 Å². The van der Waals surface area contributed by atoms with Gasteiger partial charge >= 0.3 is 5.97 Å². The number of benzene rings is 1. The molecule has 2 rings (SSSR count). The number of carboxylic acid groups (broad SMARTS) is 1. The first-order valence-corrected chi connectivity index (χ1v) is 5.32. The van der Waals surface area contributed by atoms with E-state index in [0.717, 1.165) is 5.56 Å². The van der Waals surface area contributed by atoms with Crippen LogP contribution in [0.2, 0.25) is 5.02 Å². The summed E-state index contributed by atoms with van der Waals surface area (Å²) >= 11 is 5.89. The third-order valence-electron chi connectivity index (χ3n) is 2.34. The van der Waals surface area contributed by atoms with Gasteiger partial charge in [0.2, 0.25) is 0 Å². The summed E-state index contributed by atoms with van der Waals surface area (Å²) in [4.78, 5) is 16.7. The van der Waals surface area contributed by atoms with E-state index in [1.54, 1.807) is 17.0 Å². The fraction of sp³-hybridized carbons (Fsp3) is 0.273. The summed E-state index contributed by atoms with van der Waals surface area (Å²) < 4.78 is 0. The van der Waals surface area contributed by atoms with Crippen molar-refractivity contribution in [1.29, 1.82) is 0 Å². The van der Waals surface area contributed by atoms with Crippen molar-refractivity contribution in [3.05, 3.63) is 34.9 Å². The first-order chi connectivity index (χ1) is 7.66. The Morgan fingerprint density at radius 2 is 2.38 bits per heavy atom. The quantitative estimate of drug-likeness (QED) is 0.868. The van der Waals surface area contributed by atoms with E-state index in [9.17, 15) is 4.79 Å². The van der Waals surface area contributed by atoms with E-state index in [2.05, 4.69) is 4.99 Å². The first-order valence-electron chi connectivity index (χ1n) is 4.94. The predicted octanol–water partition coefficient (Wildman–Crippen LogP) is 1.49. The second-order valence-corrected chi connectivity index (χ2v) is 3.97. The van der Waals surface area contributed by atoms with Crippen molar-refractivity contribution in [1.82, 2.24) is 4.90 Å². The van der Waals surface area contributed by atoms with Crippen LogP contribution >= 0.6 is 11.6 Å².